The number of aliphatic imine (C=N–C) groups is 1. The lowest BCUT2D eigenvalue weighted by Crippen LogP contribution is -2.49. The number of nitrogens with zero attached hydrogens (tertiary/aromatic N) is 1. The Labute approximate surface area is 127 Å². The van der Waals surface area contributed by atoms with Crippen LogP contribution >= 0.6 is 11.8 Å². The molecule has 1 atom stereocenters. The Morgan fingerprint density at radius 3 is 2.67 bits per heavy atom. The number of hydrogen-bond acceptors (Lipinski definition) is 5. The third-order valence-corrected chi connectivity index (χ3v) is 3.33. The Balaban J connectivity index is 2.66. The number of hydrogen-bond donors (Lipinski definition) is 3. The first-order valence-corrected chi connectivity index (χ1v) is 7.66. The molecule has 116 valence electrons. The van der Waals surface area contributed by atoms with Gasteiger partial charge < -0.3 is 16.4 Å². The van der Waals surface area contributed by atoms with Crippen LogP contribution in [0, 0.1) is 5.92 Å². The van der Waals surface area contributed by atoms with Gasteiger partial charge in [-0.3, -0.25) is 19.4 Å². The summed E-state index contributed by atoms with van der Waals surface area (Å²) < 4.78 is 0. The van der Waals surface area contributed by atoms with E-state index in [1.165, 1.54) is 11.8 Å². The molecule has 0 bridgehead atoms. The van der Waals surface area contributed by atoms with E-state index < -0.39 is 23.8 Å². The monoisotopic (exact) mass is 312 g/mol. The fourth-order valence-electron chi connectivity index (χ4n) is 1.68. The molecule has 3 amide bonds. The molecule has 21 heavy (non-hydrogen) atoms. The second kappa shape index (κ2) is 8.46. The largest absolute Gasteiger partial charge is 0.368 e. The quantitative estimate of drug-likeness (QED) is 0.603. The molecular formula is C13H20N4O3S. The zero-order valence-corrected chi connectivity index (χ0v) is 12.9. The van der Waals surface area contributed by atoms with E-state index in [9.17, 15) is 14.4 Å². The van der Waals surface area contributed by atoms with Gasteiger partial charge in [0.05, 0.1) is 6.54 Å². The van der Waals surface area contributed by atoms with Gasteiger partial charge in [-0.1, -0.05) is 13.8 Å². The highest BCUT2D eigenvalue weighted by molar-refractivity contribution is 8.02. The fraction of sp³-hybridized carbons (Fsp3) is 0.538. The summed E-state index contributed by atoms with van der Waals surface area (Å²) in [6.07, 6.45) is 2.10. The van der Waals surface area contributed by atoms with Crippen molar-refractivity contribution in [1.82, 2.24) is 10.6 Å². The SMILES string of the molecule is CC(C)C[C@H](NC(=O)C1=CSCC=N1)C(=O)NCC(N)=O. The molecular weight excluding hydrogens is 292 g/mol. The molecule has 0 unspecified atom stereocenters. The maximum absolute atomic E-state index is 12.1. The summed E-state index contributed by atoms with van der Waals surface area (Å²) in [6.45, 7) is 3.63. The lowest BCUT2D eigenvalue weighted by atomic mass is 10.0. The van der Waals surface area contributed by atoms with Crippen molar-refractivity contribution in [3.8, 4) is 0 Å². The van der Waals surface area contributed by atoms with Crippen molar-refractivity contribution in [2.24, 2.45) is 16.6 Å². The van der Waals surface area contributed by atoms with Gasteiger partial charge in [0, 0.05) is 17.4 Å². The van der Waals surface area contributed by atoms with E-state index in [0.29, 0.717) is 6.42 Å². The van der Waals surface area contributed by atoms with Crippen LogP contribution in [0.1, 0.15) is 20.3 Å². The molecule has 8 heteroatoms. The highest BCUT2D eigenvalue weighted by atomic mass is 32.2. The number of amides is 3. The van der Waals surface area contributed by atoms with Gasteiger partial charge in [0.1, 0.15) is 11.7 Å². The minimum Gasteiger partial charge on any atom is -0.368 e. The van der Waals surface area contributed by atoms with Crippen molar-refractivity contribution in [3.05, 3.63) is 11.1 Å². The Bertz CT molecular complexity index is 474. The number of rotatable bonds is 7. The number of thioether (sulfide) groups is 1. The average molecular weight is 312 g/mol. The lowest BCUT2D eigenvalue weighted by molar-refractivity contribution is -0.129. The van der Waals surface area contributed by atoms with E-state index in [0.717, 1.165) is 5.75 Å². The summed E-state index contributed by atoms with van der Waals surface area (Å²) in [4.78, 5) is 38.8. The molecule has 0 radical (unpaired) electrons. The molecule has 1 aliphatic rings. The molecule has 0 fully saturated rings. The Kier molecular flexibility index (Phi) is 6.93. The number of nitrogens with one attached hydrogen (secondary N) is 2. The summed E-state index contributed by atoms with van der Waals surface area (Å²) in [5.41, 5.74) is 5.27. The first-order chi connectivity index (χ1) is 9.90. The number of carbonyl (C=O) groups is 3. The van der Waals surface area contributed by atoms with E-state index in [-0.39, 0.29) is 18.2 Å². The second-order valence-corrected chi connectivity index (χ2v) is 5.89. The molecule has 0 aromatic rings. The van der Waals surface area contributed by atoms with Gasteiger partial charge in [0.15, 0.2) is 0 Å². The predicted molar refractivity (Wildman–Crippen MR) is 82.6 cm³/mol. The third kappa shape index (κ3) is 6.44. The van der Waals surface area contributed by atoms with E-state index in [1.807, 2.05) is 13.8 Å². The fourth-order valence-corrected chi connectivity index (χ4v) is 2.26. The highest BCUT2D eigenvalue weighted by Gasteiger charge is 2.23. The summed E-state index contributed by atoms with van der Waals surface area (Å²) >= 11 is 1.46. The van der Waals surface area contributed by atoms with Gasteiger partial charge in [-0.25, -0.2) is 0 Å². The van der Waals surface area contributed by atoms with Crippen molar-refractivity contribution in [2.45, 2.75) is 26.3 Å². The van der Waals surface area contributed by atoms with Gasteiger partial charge >= 0.3 is 0 Å². The third-order valence-electron chi connectivity index (χ3n) is 2.59. The van der Waals surface area contributed by atoms with Crippen LogP contribution in [-0.2, 0) is 14.4 Å². The van der Waals surface area contributed by atoms with Crippen molar-refractivity contribution in [1.29, 1.82) is 0 Å². The first kappa shape index (κ1) is 17.2. The smallest absolute Gasteiger partial charge is 0.271 e. The molecule has 0 saturated carbocycles. The van der Waals surface area contributed by atoms with Crippen LogP contribution in [0.2, 0.25) is 0 Å². The van der Waals surface area contributed by atoms with Crippen molar-refractivity contribution in [3.63, 3.8) is 0 Å². The van der Waals surface area contributed by atoms with E-state index in [1.54, 1.807) is 11.6 Å². The summed E-state index contributed by atoms with van der Waals surface area (Å²) in [6, 6.07) is -0.722. The van der Waals surface area contributed by atoms with Crippen LogP contribution < -0.4 is 16.4 Å². The van der Waals surface area contributed by atoms with Crippen LogP contribution in [0.5, 0.6) is 0 Å². The van der Waals surface area contributed by atoms with E-state index >= 15 is 0 Å². The van der Waals surface area contributed by atoms with Crippen molar-refractivity contribution in [2.75, 3.05) is 12.3 Å². The Morgan fingerprint density at radius 2 is 2.14 bits per heavy atom. The molecule has 1 aliphatic heterocycles. The number of primary amides is 1. The Hall–Kier alpha value is -1.83. The van der Waals surface area contributed by atoms with Gasteiger partial charge in [-0.2, -0.15) is 0 Å². The standard InChI is InChI=1S/C13H20N4O3S/c1-8(2)5-9(12(19)16-6-11(14)18)17-13(20)10-7-21-4-3-15-10/h3,7-9H,4-6H2,1-2H3,(H2,14,18)(H,16,19)(H,17,20)/t9-/m0/s1. The van der Waals surface area contributed by atoms with Crippen molar-refractivity contribution >= 4 is 35.7 Å². The Morgan fingerprint density at radius 1 is 1.43 bits per heavy atom. The highest BCUT2D eigenvalue weighted by Crippen LogP contribution is 2.13. The summed E-state index contributed by atoms with van der Waals surface area (Å²) in [5.74, 6) is -0.533. The first-order valence-electron chi connectivity index (χ1n) is 6.61. The zero-order chi connectivity index (χ0) is 15.8. The van der Waals surface area contributed by atoms with Crippen LogP contribution in [-0.4, -0.2) is 42.3 Å². The molecule has 0 aromatic heterocycles. The molecule has 0 spiro atoms. The van der Waals surface area contributed by atoms with Gasteiger partial charge in [-0.05, 0) is 12.3 Å². The van der Waals surface area contributed by atoms with Crippen LogP contribution in [0.3, 0.4) is 0 Å². The molecule has 1 heterocycles. The molecule has 7 nitrogen and oxygen atoms in total. The second-order valence-electron chi connectivity index (χ2n) is 4.99. The molecule has 0 saturated heterocycles. The van der Waals surface area contributed by atoms with Crippen LogP contribution in [0.15, 0.2) is 16.1 Å². The van der Waals surface area contributed by atoms with Gasteiger partial charge in [0.2, 0.25) is 11.8 Å². The number of carbonyl (C=O) groups excluding carboxylic acids is 3. The molecule has 0 aliphatic carbocycles. The van der Waals surface area contributed by atoms with Gasteiger partial charge in [0.25, 0.3) is 5.91 Å². The van der Waals surface area contributed by atoms with E-state index in [4.69, 9.17) is 5.73 Å². The summed E-state index contributed by atoms with van der Waals surface area (Å²) in [5, 5.41) is 6.70. The minimum atomic E-state index is -0.722. The zero-order valence-electron chi connectivity index (χ0n) is 12.1. The molecule has 4 N–H and O–H groups in total. The normalized spacial score (nSPS) is 15.3. The maximum atomic E-state index is 12.1. The van der Waals surface area contributed by atoms with Crippen LogP contribution in [0.25, 0.3) is 0 Å². The van der Waals surface area contributed by atoms with Gasteiger partial charge in [-0.15, -0.1) is 11.8 Å². The van der Waals surface area contributed by atoms with Crippen molar-refractivity contribution < 1.29 is 14.4 Å². The lowest BCUT2D eigenvalue weighted by Gasteiger charge is -2.20. The average Bonchev–Trinajstić information content (AvgIpc) is 2.44. The minimum absolute atomic E-state index is 0.202. The van der Waals surface area contributed by atoms with Crippen LogP contribution in [0.4, 0.5) is 0 Å². The topological polar surface area (TPSA) is 114 Å². The molecule has 1 rings (SSSR count). The maximum Gasteiger partial charge on any atom is 0.271 e. The molecule has 0 aromatic carbocycles. The summed E-state index contributed by atoms with van der Waals surface area (Å²) in [7, 11) is 0. The predicted octanol–water partition coefficient (Wildman–Crippen LogP) is -0.222. The number of nitrogens with two attached hydrogens (primary N) is 1. The van der Waals surface area contributed by atoms with E-state index in [2.05, 4.69) is 15.6 Å².